The van der Waals surface area contributed by atoms with Gasteiger partial charge in [-0.1, -0.05) is 36.4 Å². The summed E-state index contributed by atoms with van der Waals surface area (Å²) in [6.07, 6.45) is 2.54. The van der Waals surface area contributed by atoms with Crippen molar-refractivity contribution in [3.8, 4) is 11.5 Å². The Morgan fingerprint density at radius 2 is 1.83 bits per heavy atom. The predicted molar refractivity (Wildman–Crippen MR) is 93.3 cm³/mol. The molecular formula is C20H23NO3. The van der Waals surface area contributed by atoms with Crippen LogP contribution in [0.2, 0.25) is 0 Å². The zero-order valence-electron chi connectivity index (χ0n) is 14.1. The Balaban J connectivity index is 1.67. The first-order valence-electron chi connectivity index (χ1n) is 8.37. The van der Waals surface area contributed by atoms with Crippen molar-refractivity contribution in [3.63, 3.8) is 0 Å². The summed E-state index contributed by atoms with van der Waals surface area (Å²) in [5, 5.41) is 3.13. The van der Waals surface area contributed by atoms with Gasteiger partial charge in [0.2, 0.25) is 0 Å². The molecular weight excluding hydrogens is 302 g/mol. The molecule has 4 nitrogen and oxygen atoms in total. The molecule has 2 aromatic rings. The third-order valence-electron chi connectivity index (χ3n) is 4.43. The molecule has 0 saturated carbocycles. The standard InChI is InChI=1S/C20H23NO3/c1-14(24-19-13-6-5-12-18(19)23-2)20(22)21-17-11-7-9-15-8-3-4-10-16(15)17/h3-6,8,10,12-14,17H,7,9,11H2,1-2H3,(H,21,22)/t14-,17+/m0/s1. The molecule has 0 aliphatic heterocycles. The van der Waals surface area contributed by atoms with Crippen LogP contribution in [0.3, 0.4) is 0 Å². The van der Waals surface area contributed by atoms with Gasteiger partial charge in [-0.05, 0) is 49.4 Å². The van der Waals surface area contributed by atoms with Crippen LogP contribution in [-0.2, 0) is 11.2 Å². The van der Waals surface area contributed by atoms with Crippen molar-refractivity contribution >= 4 is 5.91 Å². The number of nitrogens with one attached hydrogen (secondary N) is 1. The third kappa shape index (κ3) is 3.53. The van der Waals surface area contributed by atoms with E-state index in [9.17, 15) is 4.79 Å². The Labute approximate surface area is 142 Å². The highest BCUT2D eigenvalue weighted by Gasteiger charge is 2.24. The van der Waals surface area contributed by atoms with E-state index in [1.165, 1.54) is 11.1 Å². The second-order valence-electron chi connectivity index (χ2n) is 6.06. The molecule has 2 atom stereocenters. The van der Waals surface area contributed by atoms with Crippen molar-refractivity contribution in [1.82, 2.24) is 5.32 Å². The van der Waals surface area contributed by atoms with E-state index < -0.39 is 6.10 Å². The number of ether oxygens (including phenoxy) is 2. The number of amides is 1. The lowest BCUT2D eigenvalue weighted by Crippen LogP contribution is -2.39. The Morgan fingerprint density at radius 1 is 1.12 bits per heavy atom. The van der Waals surface area contributed by atoms with Gasteiger partial charge < -0.3 is 14.8 Å². The minimum atomic E-state index is -0.588. The number of fused-ring (bicyclic) bond motifs is 1. The van der Waals surface area contributed by atoms with E-state index in [2.05, 4.69) is 23.5 Å². The van der Waals surface area contributed by atoms with Crippen LogP contribution in [0.4, 0.5) is 0 Å². The highest BCUT2D eigenvalue weighted by Crippen LogP contribution is 2.30. The van der Waals surface area contributed by atoms with Gasteiger partial charge in [0.1, 0.15) is 0 Å². The van der Waals surface area contributed by atoms with Crippen molar-refractivity contribution < 1.29 is 14.3 Å². The lowest BCUT2D eigenvalue weighted by Gasteiger charge is -2.27. The van der Waals surface area contributed by atoms with Gasteiger partial charge in [-0.25, -0.2) is 0 Å². The largest absolute Gasteiger partial charge is 0.493 e. The van der Waals surface area contributed by atoms with E-state index in [1.54, 1.807) is 20.1 Å². The maximum atomic E-state index is 12.5. The molecule has 0 radical (unpaired) electrons. The van der Waals surface area contributed by atoms with E-state index in [-0.39, 0.29) is 11.9 Å². The van der Waals surface area contributed by atoms with E-state index in [1.807, 2.05) is 24.3 Å². The van der Waals surface area contributed by atoms with Crippen LogP contribution < -0.4 is 14.8 Å². The number of carbonyl (C=O) groups excluding carboxylic acids is 1. The van der Waals surface area contributed by atoms with E-state index >= 15 is 0 Å². The first-order chi connectivity index (χ1) is 11.7. The summed E-state index contributed by atoms with van der Waals surface area (Å²) in [4.78, 5) is 12.5. The number of benzene rings is 2. The number of hydrogen-bond acceptors (Lipinski definition) is 3. The lowest BCUT2D eigenvalue weighted by molar-refractivity contribution is -0.128. The summed E-state index contributed by atoms with van der Waals surface area (Å²) in [5.74, 6) is 1.09. The summed E-state index contributed by atoms with van der Waals surface area (Å²) in [5.41, 5.74) is 2.55. The fourth-order valence-electron chi connectivity index (χ4n) is 3.15. The monoisotopic (exact) mass is 325 g/mol. The summed E-state index contributed by atoms with van der Waals surface area (Å²) in [6.45, 7) is 1.76. The van der Waals surface area contributed by atoms with Gasteiger partial charge in [-0.15, -0.1) is 0 Å². The summed E-state index contributed by atoms with van der Waals surface area (Å²) >= 11 is 0. The predicted octanol–water partition coefficient (Wildman–Crippen LogP) is 3.66. The fourth-order valence-corrected chi connectivity index (χ4v) is 3.15. The average molecular weight is 325 g/mol. The molecule has 0 fully saturated rings. The highest BCUT2D eigenvalue weighted by molar-refractivity contribution is 5.81. The smallest absolute Gasteiger partial charge is 0.261 e. The van der Waals surface area contributed by atoms with E-state index in [4.69, 9.17) is 9.47 Å². The van der Waals surface area contributed by atoms with E-state index in [0.29, 0.717) is 11.5 Å². The Bertz CT molecular complexity index is 714. The van der Waals surface area contributed by atoms with Gasteiger partial charge in [0.25, 0.3) is 5.91 Å². The van der Waals surface area contributed by atoms with Gasteiger partial charge >= 0.3 is 0 Å². The molecule has 24 heavy (non-hydrogen) atoms. The van der Waals surface area contributed by atoms with Crippen LogP contribution in [0.15, 0.2) is 48.5 Å². The van der Waals surface area contributed by atoms with Crippen LogP contribution in [0.5, 0.6) is 11.5 Å². The molecule has 0 unspecified atom stereocenters. The van der Waals surface area contributed by atoms with Crippen LogP contribution >= 0.6 is 0 Å². The van der Waals surface area contributed by atoms with Gasteiger partial charge in [0.15, 0.2) is 17.6 Å². The lowest BCUT2D eigenvalue weighted by atomic mass is 9.87. The zero-order valence-corrected chi connectivity index (χ0v) is 14.1. The number of aryl methyl sites for hydroxylation is 1. The van der Waals surface area contributed by atoms with E-state index in [0.717, 1.165) is 19.3 Å². The average Bonchev–Trinajstić information content (AvgIpc) is 2.62. The Kier molecular flexibility index (Phi) is 5.04. The molecule has 3 rings (SSSR count). The molecule has 1 aliphatic carbocycles. The van der Waals surface area contributed by atoms with Crippen LogP contribution in [-0.4, -0.2) is 19.1 Å². The Morgan fingerprint density at radius 3 is 2.62 bits per heavy atom. The van der Waals surface area contributed by atoms with Crippen LogP contribution in [0, 0.1) is 0 Å². The first kappa shape index (κ1) is 16.4. The normalized spacial score (nSPS) is 17.5. The highest BCUT2D eigenvalue weighted by atomic mass is 16.5. The number of para-hydroxylation sites is 2. The van der Waals surface area contributed by atoms with Crippen molar-refractivity contribution in [3.05, 3.63) is 59.7 Å². The molecule has 2 aromatic carbocycles. The SMILES string of the molecule is COc1ccccc1O[C@@H](C)C(=O)N[C@@H]1CCCc2ccccc21. The molecule has 0 bridgehead atoms. The quantitative estimate of drug-likeness (QED) is 0.913. The minimum Gasteiger partial charge on any atom is -0.493 e. The topological polar surface area (TPSA) is 47.6 Å². The van der Waals surface area contributed by atoms with Gasteiger partial charge in [-0.2, -0.15) is 0 Å². The molecule has 4 heteroatoms. The van der Waals surface area contributed by atoms with Crippen LogP contribution in [0.1, 0.15) is 36.9 Å². The Hall–Kier alpha value is -2.49. The maximum absolute atomic E-state index is 12.5. The number of hydrogen-bond donors (Lipinski definition) is 1. The van der Waals surface area contributed by atoms with Crippen molar-refractivity contribution in [2.45, 2.75) is 38.3 Å². The number of rotatable bonds is 5. The zero-order chi connectivity index (χ0) is 16.9. The molecule has 1 amide bonds. The van der Waals surface area contributed by atoms with Crippen molar-refractivity contribution in [2.75, 3.05) is 7.11 Å². The maximum Gasteiger partial charge on any atom is 0.261 e. The molecule has 0 heterocycles. The molecule has 0 aromatic heterocycles. The summed E-state index contributed by atoms with van der Waals surface area (Å²) in [6, 6.07) is 15.7. The first-order valence-corrected chi connectivity index (χ1v) is 8.37. The second-order valence-corrected chi connectivity index (χ2v) is 6.06. The molecule has 126 valence electrons. The summed E-state index contributed by atoms with van der Waals surface area (Å²) < 4.78 is 11.1. The third-order valence-corrected chi connectivity index (χ3v) is 4.43. The fraction of sp³-hybridized carbons (Fsp3) is 0.350. The van der Waals surface area contributed by atoms with Gasteiger partial charge in [0, 0.05) is 0 Å². The molecule has 1 N–H and O–H groups in total. The van der Waals surface area contributed by atoms with Crippen LogP contribution in [0.25, 0.3) is 0 Å². The van der Waals surface area contributed by atoms with Gasteiger partial charge in [-0.3, -0.25) is 4.79 Å². The molecule has 0 spiro atoms. The second kappa shape index (κ2) is 7.39. The molecule has 0 saturated heterocycles. The van der Waals surface area contributed by atoms with Gasteiger partial charge in [0.05, 0.1) is 13.2 Å². The summed E-state index contributed by atoms with van der Waals surface area (Å²) in [7, 11) is 1.59. The van der Waals surface area contributed by atoms with Crippen molar-refractivity contribution in [2.24, 2.45) is 0 Å². The number of methoxy groups -OCH3 is 1. The van der Waals surface area contributed by atoms with Crippen molar-refractivity contribution in [1.29, 1.82) is 0 Å². The number of carbonyl (C=O) groups is 1. The minimum absolute atomic E-state index is 0.0613. The molecule has 1 aliphatic rings.